The molecular weight excluding hydrogens is 303 g/mol. The van der Waals surface area contributed by atoms with Crippen LogP contribution in [0.4, 0.5) is 0 Å². The Bertz CT molecular complexity index is 317. The summed E-state index contributed by atoms with van der Waals surface area (Å²) in [6.45, 7) is 2.97. The van der Waals surface area contributed by atoms with Crippen molar-refractivity contribution in [2.24, 2.45) is 0 Å². The number of alkyl halides is 2. The van der Waals surface area contributed by atoms with E-state index in [1.807, 2.05) is 24.3 Å². The molecule has 0 heterocycles. The first-order chi connectivity index (χ1) is 9.88. The van der Waals surface area contributed by atoms with Crippen molar-refractivity contribution in [3.05, 3.63) is 24.3 Å². The average Bonchev–Trinajstić information content (AvgIpc) is 2.48. The van der Waals surface area contributed by atoms with Gasteiger partial charge in [-0.3, -0.25) is 0 Å². The Morgan fingerprint density at radius 1 is 0.650 bits per heavy atom. The third kappa shape index (κ3) is 7.80. The Labute approximate surface area is 129 Å². The van der Waals surface area contributed by atoms with Crippen LogP contribution in [0.15, 0.2) is 24.3 Å². The van der Waals surface area contributed by atoms with Gasteiger partial charge in [-0.25, -0.2) is 0 Å². The minimum atomic E-state index is 0.458. The van der Waals surface area contributed by atoms with Crippen LogP contribution in [0.5, 0.6) is 11.5 Å². The SMILES string of the molecule is ClCCOCCOc1ccccc1OCCOCCCl. The van der Waals surface area contributed by atoms with E-state index < -0.39 is 0 Å². The standard InChI is InChI=1S/C14H20Cl2O4/c15-5-7-17-9-11-19-13-3-1-2-4-14(13)20-12-10-18-8-6-16/h1-4H,5-12H2. The topological polar surface area (TPSA) is 36.9 Å². The van der Waals surface area contributed by atoms with Crippen molar-refractivity contribution >= 4 is 23.2 Å². The highest BCUT2D eigenvalue weighted by atomic mass is 35.5. The molecule has 0 aliphatic carbocycles. The minimum Gasteiger partial charge on any atom is -0.487 e. The fourth-order valence-corrected chi connectivity index (χ4v) is 1.64. The molecular formula is C14H20Cl2O4. The molecule has 0 bridgehead atoms. The summed E-state index contributed by atoms with van der Waals surface area (Å²) in [7, 11) is 0. The monoisotopic (exact) mass is 322 g/mol. The number of hydrogen-bond acceptors (Lipinski definition) is 4. The van der Waals surface area contributed by atoms with E-state index in [9.17, 15) is 0 Å². The Morgan fingerprint density at radius 3 is 1.50 bits per heavy atom. The first-order valence-corrected chi connectivity index (χ1v) is 7.57. The van der Waals surface area contributed by atoms with Crippen molar-refractivity contribution in [1.29, 1.82) is 0 Å². The van der Waals surface area contributed by atoms with E-state index in [-0.39, 0.29) is 0 Å². The second kappa shape index (κ2) is 12.1. The average molecular weight is 323 g/mol. The zero-order valence-corrected chi connectivity index (χ0v) is 12.9. The number of ether oxygens (including phenoxy) is 4. The molecule has 1 rings (SSSR count). The highest BCUT2D eigenvalue weighted by Crippen LogP contribution is 2.26. The van der Waals surface area contributed by atoms with Gasteiger partial charge in [-0.05, 0) is 12.1 Å². The molecule has 0 radical (unpaired) electrons. The van der Waals surface area contributed by atoms with E-state index in [4.69, 9.17) is 42.1 Å². The smallest absolute Gasteiger partial charge is 0.161 e. The summed E-state index contributed by atoms with van der Waals surface area (Å²) in [6, 6.07) is 7.50. The number of para-hydroxylation sites is 2. The first-order valence-electron chi connectivity index (χ1n) is 6.50. The highest BCUT2D eigenvalue weighted by Gasteiger charge is 2.03. The number of benzene rings is 1. The van der Waals surface area contributed by atoms with Gasteiger partial charge in [-0.15, -0.1) is 23.2 Å². The van der Waals surface area contributed by atoms with Crippen LogP contribution in [-0.4, -0.2) is 51.4 Å². The number of hydrogen-bond donors (Lipinski definition) is 0. The third-order valence-electron chi connectivity index (χ3n) is 2.26. The van der Waals surface area contributed by atoms with Crippen molar-refractivity contribution in [2.45, 2.75) is 0 Å². The van der Waals surface area contributed by atoms with Crippen LogP contribution in [-0.2, 0) is 9.47 Å². The lowest BCUT2D eigenvalue weighted by molar-refractivity contribution is 0.101. The molecule has 1 aromatic carbocycles. The Morgan fingerprint density at radius 2 is 1.10 bits per heavy atom. The predicted molar refractivity (Wildman–Crippen MR) is 80.5 cm³/mol. The zero-order chi connectivity index (χ0) is 14.5. The van der Waals surface area contributed by atoms with Crippen LogP contribution >= 0.6 is 23.2 Å². The van der Waals surface area contributed by atoms with Gasteiger partial charge in [0.1, 0.15) is 13.2 Å². The molecule has 0 N–H and O–H groups in total. The normalized spacial score (nSPS) is 10.5. The molecule has 0 saturated carbocycles. The molecule has 0 fully saturated rings. The van der Waals surface area contributed by atoms with E-state index in [1.54, 1.807) is 0 Å². The quantitative estimate of drug-likeness (QED) is 0.438. The number of rotatable bonds is 12. The van der Waals surface area contributed by atoms with E-state index in [2.05, 4.69) is 0 Å². The maximum Gasteiger partial charge on any atom is 0.161 e. The van der Waals surface area contributed by atoms with Gasteiger partial charge in [0.2, 0.25) is 0 Å². The second-order valence-corrected chi connectivity index (χ2v) is 4.50. The van der Waals surface area contributed by atoms with Gasteiger partial charge >= 0.3 is 0 Å². The molecule has 1 aromatic rings. The zero-order valence-electron chi connectivity index (χ0n) is 11.4. The number of halogens is 2. The molecule has 0 atom stereocenters. The maximum absolute atomic E-state index is 5.61. The van der Waals surface area contributed by atoms with E-state index in [0.29, 0.717) is 62.9 Å². The van der Waals surface area contributed by atoms with Gasteiger partial charge in [0, 0.05) is 11.8 Å². The lowest BCUT2D eigenvalue weighted by Crippen LogP contribution is -2.11. The first kappa shape index (κ1) is 17.4. The van der Waals surface area contributed by atoms with Crippen molar-refractivity contribution in [2.75, 3.05) is 51.4 Å². The van der Waals surface area contributed by atoms with Crippen LogP contribution in [0.3, 0.4) is 0 Å². The Hall–Kier alpha value is -0.680. The Balaban J connectivity index is 2.27. The fraction of sp³-hybridized carbons (Fsp3) is 0.571. The van der Waals surface area contributed by atoms with Crippen molar-refractivity contribution in [1.82, 2.24) is 0 Å². The Kier molecular flexibility index (Phi) is 10.5. The molecule has 0 aliphatic rings. The summed E-state index contributed by atoms with van der Waals surface area (Å²) in [6.07, 6.45) is 0. The van der Waals surface area contributed by atoms with Crippen LogP contribution in [0.2, 0.25) is 0 Å². The van der Waals surface area contributed by atoms with Crippen molar-refractivity contribution in [3.8, 4) is 11.5 Å². The minimum absolute atomic E-state index is 0.458. The third-order valence-corrected chi connectivity index (χ3v) is 2.57. The molecule has 4 nitrogen and oxygen atoms in total. The summed E-state index contributed by atoms with van der Waals surface area (Å²) >= 11 is 11.0. The van der Waals surface area contributed by atoms with Crippen LogP contribution < -0.4 is 9.47 Å². The predicted octanol–water partition coefficient (Wildman–Crippen LogP) is 2.96. The summed E-state index contributed by atoms with van der Waals surface area (Å²) in [5.41, 5.74) is 0. The van der Waals surface area contributed by atoms with Gasteiger partial charge in [-0.1, -0.05) is 12.1 Å². The van der Waals surface area contributed by atoms with Gasteiger partial charge < -0.3 is 18.9 Å². The highest BCUT2D eigenvalue weighted by molar-refractivity contribution is 6.18. The fourth-order valence-electron chi connectivity index (χ4n) is 1.42. The largest absolute Gasteiger partial charge is 0.487 e. The maximum atomic E-state index is 5.61. The van der Waals surface area contributed by atoms with E-state index in [0.717, 1.165) is 0 Å². The van der Waals surface area contributed by atoms with Gasteiger partial charge in [-0.2, -0.15) is 0 Å². The van der Waals surface area contributed by atoms with Gasteiger partial charge in [0.05, 0.1) is 26.4 Å². The second-order valence-electron chi connectivity index (χ2n) is 3.75. The lowest BCUT2D eigenvalue weighted by atomic mass is 10.3. The van der Waals surface area contributed by atoms with Gasteiger partial charge in [0.25, 0.3) is 0 Å². The van der Waals surface area contributed by atoms with Crippen LogP contribution in [0.1, 0.15) is 0 Å². The molecule has 0 aliphatic heterocycles. The van der Waals surface area contributed by atoms with Crippen LogP contribution in [0.25, 0.3) is 0 Å². The van der Waals surface area contributed by atoms with E-state index >= 15 is 0 Å². The molecule has 6 heteroatoms. The molecule has 0 spiro atoms. The molecule has 0 amide bonds. The van der Waals surface area contributed by atoms with Crippen molar-refractivity contribution in [3.63, 3.8) is 0 Å². The van der Waals surface area contributed by atoms with Crippen LogP contribution in [0, 0.1) is 0 Å². The molecule has 0 unspecified atom stereocenters. The summed E-state index contributed by atoms with van der Waals surface area (Å²) in [5, 5.41) is 0. The lowest BCUT2D eigenvalue weighted by Gasteiger charge is -2.12. The van der Waals surface area contributed by atoms with E-state index in [1.165, 1.54) is 0 Å². The van der Waals surface area contributed by atoms with Crippen molar-refractivity contribution < 1.29 is 18.9 Å². The summed E-state index contributed by atoms with van der Waals surface area (Å²) in [4.78, 5) is 0. The summed E-state index contributed by atoms with van der Waals surface area (Å²) in [5.74, 6) is 2.36. The molecule has 0 saturated heterocycles. The summed E-state index contributed by atoms with van der Waals surface area (Å²) < 4.78 is 21.7. The molecule has 20 heavy (non-hydrogen) atoms. The molecule has 0 aromatic heterocycles. The van der Waals surface area contributed by atoms with Gasteiger partial charge in [0.15, 0.2) is 11.5 Å². The molecule has 114 valence electrons.